The highest BCUT2D eigenvalue weighted by molar-refractivity contribution is 5.85. The summed E-state index contributed by atoms with van der Waals surface area (Å²) in [7, 11) is 1.28. The van der Waals surface area contributed by atoms with Crippen LogP contribution in [0.15, 0.2) is 0 Å². The normalized spacial score (nSPS) is 11.5. The van der Waals surface area contributed by atoms with Gasteiger partial charge in [0.2, 0.25) is 5.91 Å². The number of hydrogen-bond acceptors (Lipinski definition) is 4. The van der Waals surface area contributed by atoms with Crippen LogP contribution in [-0.4, -0.2) is 31.6 Å². The molecule has 3 N–H and O–H groups in total. The van der Waals surface area contributed by atoms with E-state index in [1.807, 2.05) is 13.8 Å². The van der Waals surface area contributed by atoms with E-state index < -0.39 is 12.0 Å². The van der Waals surface area contributed by atoms with Crippen molar-refractivity contribution in [1.82, 2.24) is 5.32 Å². The Hall–Kier alpha value is -0.810. The van der Waals surface area contributed by atoms with Gasteiger partial charge in [-0.15, -0.1) is 12.4 Å². The monoisotopic (exact) mass is 224 g/mol. The molecule has 0 aliphatic carbocycles. The lowest BCUT2D eigenvalue weighted by Gasteiger charge is -2.19. The average Bonchev–Trinajstić information content (AvgIpc) is 2.11. The van der Waals surface area contributed by atoms with Gasteiger partial charge in [0.25, 0.3) is 0 Å². The van der Waals surface area contributed by atoms with E-state index in [-0.39, 0.29) is 30.8 Å². The minimum Gasteiger partial charge on any atom is -0.467 e. The van der Waals surface area contributed by atoms with E-state index in [4.69, 9.17) is 5.73 Å². The van der Waals surface area contributed by atoms with E-state index in [0.717, 1.165) is 0 Å². The van der Waals surface area contributed by atoms with Gasteiger partial charge >= 0.3 is 5.97 Å². The molecule has 1 atom stereocenters. The van der Waals surface area contributed by atoms with Crippen molar-refractivity contribution < 1.29 is 14.3 Å². The molecule has 0 heterocycles. The Morgan fingerprint density at radius 2 is 1.93 bits per heavy atom. The van der Waals surface area contributed by atoms with Crippen LogP contribution in [-0.2, 0) is 14.3 Å². The number of carbonyl (C=O) groups is 2. The third-order valence-corrected chi connectivity index (χ3v) is 1.62. The lowest BCUT2D eigenvalue weighted by Crippen LogP contribution is -2.47. The molecule has 0 fully saturated rings. The number of hydrogen-bond donors (Lipinski definition) is 2. The number of ether oxygens (including phenoxy) is 1. The van der Waals surface area contributed by atoms with Crippen LogP contribution in [0.1, 0.15) is 13.8 Å². The van der Waals surface area contributed by atoms with Gasteiger partial charge in [-0.05, 0) is 5.92 Å². The highest BCUT2D eigenvalue weighted by Crippen LogP contribution is 2.02. The minimum absolute atomic E-state index is 0. The largest absolute Gasteiger partial charge is 0.467 e. The molecule has 0 saturated carbocycles. The Kier molecular flexibility index (Phi) is 8.48. The van der Waals surface area contributed by atoms with Gasteiger partial charge in [0, 0.05) is 0 Å². The SMILES string of the molecule is COC(=O)[C@H](NC(=O)CN)C(C)C.Cl. The number of nitrogens with one attached hydrogen (secondary N) is 1. The average molecular weight is 225 g/mol. The number of amides is 1. The highest BCUT2D eigenvalue weighted by Gasteiger charge is 2.23. The van der Waals surface area contributed by atoms with Gasteiger partial charge in [0.15, 0.2) is 0 Å². The number of rotatable bonds is 4. The molecule has 84 valence electrons. The summed E-state index contributed by atoms with van der Waals surface area (Å²) in [5.41, 5.74) is 5.10. The van der Waals surface area contributed by atoms with Crippen LogP contribution in [0.4, 0.5) is 0 Å². The molecule has 0 aromatic carbocycles. The van der Waals surface area contributed by atoms with Crippen molar-refractivity contribution in [3.05, 3.63) is 0 Å². The zero-order valence-corrected chi connectivity index (χ0v) is 9.39. The summed E-state index contributed by atoms with van der Waals surface area (Å²) >= 11 is 0. The Morgan fingerprint density at radius 3 is 2.21 bits per heavy atom. The van der Waals surface area contributed by atoms with Crippen LogP contribution in [0.5, 0.6) is 0 Å². The fourth-order valence-corrected chi connectivity index (χ4v) is 0.857. The molecule has 0 saturated heterocycles. The zero-order chi connectivity index (χ0) is 10.4. The van der Waals surface area contributed by atoms with Crippen LogP contribution in [0, 0.1) is 5.92 Å². The lowest BCUT2D eigenvalue weighted by atomic mass is 10.0. The fourth-order valence-electron chi connectivity index (χ4n) is 0.857. The second-order valence-corrected chi connectivity index (χ2v) is 3.02. The number of esters is 1. The summed E-state index contributed by atoms with van der Waals surface area (Å²) in [5.74, 6) is -0.816. The maximum atomic E-state index is 11.1. The van der Waals surface area contributed by atoms with E-state index in [1.165, 1.54) is 7.11 Å². The van der Waals surface area contributed by atoms with Gasteiger partial charge in [-0.2, -0.15) is 0 Å². The molecule has 0 rings (SSSR count). The summed E-state index contributed by atoms with van der Waals surface area (Å²) in [5, 5.41) is 2.48. The highest BCUT2D eigenvalue weighted by atomic mass is 35.5. The summed E-state index contributed by atoms with van der Waals surface area (Å²) in [6.45, 7) is 3.51. The predicted octanol–water partition coefficient (Wildman–Crippen LogP) is -0.319. The van der Waals surface area contributed by atoms with Crippen molar-refractivity contribution in [3.8, 4) is 0 Å². The maximum Gasteiger partial charge on any atom is 0.328 e. The first-order chi connectivity index (χ1) is 6.02. The Bertz CT molecular complexity index is 197. The second-order valence-electron chi connectivity index (χ2n) is 3.02. The third kappa shape index (κ3) is 5.04. The lowest BCUT2D eigenvalue weighted by molar-refractivity contribution is -0.146. The first kappa shape index (κ1) is 15.7. The summed E-state index contributed by atoms with van der Waals surface area (Å²) in [6, 6.07) is -0.610. The van der Waals surface area contributed by atoms with E-state index in [0.29, 0.717) is 0 Å². The van der Waals surface area contributed by atoms with Crippen LogP contribution in [0.25, 0.3) is 0 Å². The van der Waals surface area contributed by atoms with Gasteiger partial charge in [-0.3, -0.25) is 4.79 Å². The van der Waals surface area contributed by atoms with Crippen LogP contribution in [0.2, 0.25) is 0 Å². The van der Waals surface area contributed by atoms with E-state index >= 15 is 0 Å². The van der Waals surface area contributed by atoms with E-state index in [9.17, 15) is 9.59 Å². The van der Waals surface area contributed by atoms with Crippen molar-refractivity contribution in [3.63, 3.8) is 0 Å². The summed E-state index contributed by atoms with van der Waals surface area (Å²) in [6.07, 6.45) is 0. The maximum absolute atomic E-state index is 11.1. The molecule has 0 spiro atoms. The minimum atomic E-state index is -0.610. The molecule has 0 unspecified atom stereocenters. The van der Waals surface area contributed by atoms with Crippen molar-refractivity contribution in [2.45, 2.75) is 19.9 Å². The first-order valence-electron chi connectivity index (χ1n) is 4.10. The smallest absolute Gasteiger partial charge is 0.328 e. The molecule has 5 nitrogen and oxygen atoms in total. The Morgan fingerprint density at radius 1 is 1.43 bits per heavy atom. The topological polar surface area (TPSA) is 81.4 Å². The van der Waals surface area contributed by atoms with Crippen LogP contribution >= 0.6 is 12.4 Å². The van der Waals surface area contributed by atoms with Crippen molar-refractivity contribution in [2.75, 3.05) is 13.7 Å². The third-order valence-electron chi connectivity index (χ3n) is 1.62. The summed E-state index contributed by atoms with van der Waals surface area (Å²) in [4.78, 5) is 22.0. The van der Waals surface area contributed by atoms with Crippen molar-refractivity contribution in [2.24, 2.45) is 11.7 Å². The molecular formula is C8H17ClN2O3. The molecular weight excluding hydrogens is 208 g/mol. The second kappa shape index (κ2) is 7.58. The predicted molar refractivity (Wildman–Crippen MR) is 55.1 cm³/mol. The molecule has 0 aromatic rings. The molecule has 0 radical (unpaired) electrons. The van der Waals surface area contributed by atoms with Gasteiger partial charge in [0.05, 0.1) is 13.7 Å². The zero-order valence-electron chi connectivity index (χ0n) is 8.57. The van der Waals surface area contributed by atoms with Crippen LogP contribution in [0.3, 0.4) is 0 Å². The van der Waals surface area contributed by atoms with Crippen LogP contribution < -0.4 is 11.1 Å². The van der Waals surface area contributed by atoms with Crippen molar-refractivity contribution >= 4 is 24.3 Å². The van der Waals surface area contributed by atoms with Gasteiger partial charge in [0.1, 0.15) is 6.04 Å². The Balaban J connectivity index is 0. The quantitative estimate of drug-likeness (QED) is 0.642. The molecule has 14 heavy (non-hydrogen) atoms. The van der Waals surface area contributed by atoms with Gasteiger partial charge in [-0.25, -0.2) is 4.79 Å². The van der Waals surface area contributed by atoms with Crippen molar-refractivity contribution in [1.29, 1.82) is 0 Å². The molecule has 0 bridgehead atoms. The molecule has 0 aliphatic rings. The summed E-state index contributed by atoms with van der Waals surface area (Å²) < 4.78 is 4.52. The number of carbonyl (C=O) groups excluding carboxylic acids is 2. The van der Waals surface area contributed by atoms with Gasteiger partial charge in [-0.1, -0.05) is 13.8 Å². The van der Waals surface area contributed by atoms with E-state index in [1.54, 1.807) is 0 Å². The number of halogens is 1. The Labute approximate surface area is 89.8 Å². The molecule has 0 aliphatic heterocycles. The number of methoxy groups -OCH3 is 1. The molecule has 0 aromatic heterocycles. The molecule has 6 heteroatoms. The van der Waals surface area contributed by atoms with Gasteiger partial charge < -0.3 is 15.8 Å². The number of nitrogens with two attached hydrogens (primary N) is 1. The fraction of sp³-hybridized carbons (Fsp3) is 0.750. The van der Waals surface area contributed by atoms with E-state index in [2.05, 4.69) is 10.1 Å². The molecule has 1 amide bonds. The standard InChI is InChI=1S/C8H16N2O3.ClH/c1-5(2)7(8(12)13-3)10-6(11)4-9;/h5,7H,4,9H2,1-3H3,(H,10,11);1H/t7-;/m1./s1. The first-order valence-corrected chi connectivity index (χ1v) is 4.10.